The van der Waals surface area contributed by atoms with Crippen LogP contribution in [0.15, 0.2) is 104 Å². The van der Waals surface area contributed by atoms with Crippen molar-refractivity contribution in [3.8, 4) is 0 Å². The molecule has 1 heterocycles. The normalized spacial score (nSPS) is 12.5. The quantitative estimate of drug-likeness (QED) is 0.275. The van der Waals surface area contributed by atoms with Crippen LogP contribution in [0, 0.1) is 0 Å². The SMILES string of the molecule is C[Si](C)(C)N(c1cn([Si](C)(C)C)cn1)[Si](c1ccccc1)(c1ccccc1)c1ccccc1. The van der Waals surface area contributed by atoms with Crippen LogP contribution >= 0.6 is 0 Å². The highest BCUT2D eigenvalue weighted by Crippen LogP contribution is 2.28. The highest BCUT2D eigenvalue weighted by Gasteiger charge is 2.51. The van der Waals surface area contributed by atoms with E-state index < -0.39 is 24.7 Å². The molecule has 0 aliphatic heterocycles. The largest absolute Gasteiger partial charge is 0.398 e. The van der Waals surface area contributed by atoms with Crippen molar-refractivity contribution in [2.45, 2.75) is 39.3 Å². The first-order valence-corrected chi connectivity index (χ1v) is 20.5. The van der Waals surface area contributed by atoms with Crippen LogP contribution < -0.4 is 19.8 Å². The molecule has 3 nitrogen and oxygen atoms in total. The fourth-order valence-electron chi connectivity index (χ4n) is 4.74. The Hall–Kier alpha value is -2.68. The van der Waals surface area contributed by atoms with Crippen molar-refractivity contribution in [2.75, 3.05) is 4.23 Å². The van der Waals surface area contributed by atoms with Gasteiger partial charge in [0, 0.05) is 6.20 Å². The maximum absolute atomic E-state index is 5.08. The Balaban J connectivity index is 2.13. The summed E-state index contributed by atoms with van der Waals surface area (Å²) < 4.78 is 5.17. The van der Waals surface area contributed by atoms with Crippen LogP contribution in [0.25, 0.3) is 0 Å². The van der Waals surface area contributed by atoms with Gasteiger partial charge in [0.25, 0.3) is 0 Å². The molecule has 0 aliphatic carbocycles. The van der Waals surface area contributed by atoms with Gasteiger partial charge >= 0.3 is 0 Å². The van der Waals surface area contributed by atoms with Gasteiger partial charge in [-0.25, -0.2) is 4.98 Å². The summed E-state index contributed by atoms with van der Waals surface area (Å²) >= 11 is 0. The van der Waals surface area contributed by atoms with E-state index in [2.05, 4.69) is 151 Å². The molecule has 0 atom stereocenters. The topological polar surface area (TPSA) is 21.1 Å². The van der Waals surface area contributed by atoms with Crippen LogP contribution in [0.3, 0.4) is 0 Å². The van der Waals surface area contributed by atoms with Gasteiger partial charge in [0.15, 0.2) is 8.24 Å². The second-order valence-corrected chi connectivity index (χ2v) is 24.3. The van der Waals surface area contributed by atoms with Crippen LogP contribution in [-0.4, -0.2) is 33.9 Å². The van der Waals surface area contributed by atoms with Crippen molar-refractivity contribution in [3.63, 3.8) is 0 Å². The van der Waals surface area contributed by atoms with Crippen molar-refractivity contribution in [1.82, 2.24) is 9.22 Å². The number of imidazole rings is 1. The molecule has 0 amide bonds. The Labute approximate surface area is 202 Å². The minimum absolute atomic E-state index is 1.11. The summed E-state index contributed by atoms with van der Waals surface area (Å²) in [6.45, 7) is 14.5. The van der Waals surface area contributed by atoms with Gasteiger partial charge in [-0.15, -0.1) is 0 Å². The first-order valence-electron chi connectivity index (χ1n) is 11.7. The lowest BCUT2D eigenvalue weighted by molar-refractivity contribution is 1.12. The van der Waals surface area contributed by atoms with Gasteiger partial charge in [-0.05, 0) is 15.6 Å². The maximum atomic E-state index is 5.08. The summed E-state index contributed by atoms with van der Waals surface area (Å²) in [5.74, 6) is 1.11. The van der Waals surface area contributed by atoms with Crippen LogP contribution in [0.4, 0.5) is 5.82 Å². The second-order valence-electron chi connectivity index (χ2n) is 10.6. The zero-order chi connectivity index (χ0) is 23.7. The number of nitrogens with zero attached hydrogens (tertiary/aromatic N) is 3. The number of benzene rings is 3. The third-order valence-corrected chi connectivity index (χ3v) is 16.9. The summed E-state index contributed by atoms with van der Waals surface area (Å²) in [4.78, 5) is 5.08. The van der Waals surface area contributed by atoms with Gasteiger partial charge in [-0.2, -0.15) is 0 Å². The Morgan fingerprint density at radius 2 is 1.00 bits per heavy atom. The third-order valence-electron chi connectivity index (χ3n) is 6.15. The minimum atomic E-state index is -2.64. The van der Waals surface area contributed by atoms with Crippen molar-refractivity contribution in [2.24, 2.45) is 0 Å². The van der Waals surface area contributed by atoms with E-state index in [1.165, 1.54) is 15.6 Å². The summed E-state index contributed by atoms with van der Waals surface area (Å²) in [6.07, 6.45) is 4.38. The van der Waals surface area contributed by atoms with Crippen LogP contribution in [0.1, 0.15) is 0 Å². The zero-order valence-electron chi connectivity index (χ0n) is 20.7. The predicted octanol–water partition coefficient (Wildman–Crippen LogP) is 4.87. The van der Waals surface area contributed by atoms with E-state index in [-0.39, 0.29) is 0 Å². The molecule has 0 spiro atoms. The van der Waals surface area contributed by atoms with Gasteiger partial charge in [0.1, 0.15) is 14.1 Å². The lowest BCUT2D eigenvalue weighted by Gasteiger charge is -2.50. The lowest BCUT2D eigenvalue weighted by atomic mass is 10.3. The van der Waals surface area contributed by atoms with E-state index in [0.29, 0.717) is 0 Å². The summed E-state index contributed by atoms with van der Waals surface area (Å²) in [5, 5.41) is 4.19. The molecule has 0 saturated carbocycles. The molecule has 3 aromatic carbocycles. The number of hydrogen-bond donors (Lipinski definition) is 0. The molecular formula is C27H35N3Si3. The van der Waals surface area contributed by atoms with Crippen LogP contribution in [-0.2, 0) is 0 Å². The van der Waals surface area contributed by atoms with E-state index in [0.717, 1.165) is 5.82 Å². The number of rotatable bonds is 7. The van der Waals surface area contributed by atoms with Gasteiger partial charge < -0.3 is 8.46 Å². The lowest BCUT2D eigenvalue weighted by Crippen LogP contribution is -2.82. The molecule has 170 valence electrons. The van der Waals surface area contributed by atoms with E-state index in [9.17, 15) is 0 Å². The molecule has 1 aromatic heterocycles. The van der Waals surface area contributed by atoms with Crippen LogP contribution in [0.2, 0.25) is 39.3 Å². The first kappa shape index (κ1) is 23.5. The molecule has 4 aromatic rings. The summed E-state index contributed by atoms with van der Waals surface area (Å²) in [6, 6.07) is 33.5. The third kappa shape index (κ3) is 4.43. The highest BCUT2D eigenvalue weighted by molar-refractivity contribution is 7.20. The van der Waals surface area contributed by atoms with Crippen molar-refractivity contribution < 1.29 is 0 Å². The van der Waals surface area contributed by atoms with E-state index in [4.69, 9.17) is 4.98 Å². The molecular weight excluding hydrogens is 451 g/mol. The molecule has 0 radical (unpaired) electrons. The van der Waals surface area contributed by atoms with E-state index in [1.54, 1.807) is 0 Å². The summed E-state index contributed by atoms with van der Waals surface area (Å²) in [7, 11) is -6.12. The zero-order valence-corrected chi connectivity index (χ0v) is 23.7. The average Bonchev–Trinajstić information content (AvgIpc) is 3.28. The fourth-order valence-corrected chi connectivity index (χ4v) is 15.9. The van der Waals surface area contributed by atoms with Gasteiger partial charge in [0.05, 0.1) is 6.33 Å². The van der Waals surface area contributed by atoms with Crippen LogP contribution in [0.5, 0.6) is 0 Å². The fraction of sp³-hybridized carbons (Fsp3) is 0.222. The highest BCUT2D eigenvalue weighted by atomic mass is 28.4. The molecule has 4 rings (SSSR count). The molecule has 6 heteroatoms. The maximum Gasteiger partial charge on any atom is 0.246 e. The Kier molecular flexibility index (Phi) is 6.35. The van der Waals surface area contributed by atoms with E-state index >= 15 is 0 Å². The number of hydrogen-bond acceptors (Lipinski definition) is 2. The van der Waals surface area contributed by atoms with Gasteiger partial charge in [-0.3, -0.25) is 0 Å². The first-order chi connectivity index (χ1) is 15.6. The predicted molar refractivity (Wildman–Crippen MR) is 151 cm³/mol. The molecule has 0 N–H and O–H groups in total. The molecule has 0 aliphatic rings. The van der Waals surface area contributed by atoms with Crippen molar-refractivity contribution in [1.29, 1.82) is 0 Å². The smallest absolute Gasteiger partial charge is 0.246 e. The summed E-state index contributed by atoms with van der Waals surface area (Å²) in [5.41, 5.74) is 0. The molecule has 0 bridgehead atoms. The average molecular weight is 486 g/mol. The van der Waals surface area contributed by atoms with E-state index in [1.807, 2.05) is 0 Å². The van der Waals surface area contributed by atoms with Crippen molar-refractivity contribution in [3.05, 3.63) is 104 Å². The molecule has 0 saturated heterocycles. The van der Waals surface area contributed by atoms with Gasteiger partial charge in [-0.1, -0.05) is 130 Å². The number of aromatic nitrogens is 2. The molecule has 0 unspecified atom stereocenters. The Bertz CT molecular complexity index is 1080. The number of anilines is 1. The Morgan fingerprint density at radius 1 is 0.606 bits per heavy atom. The standard InChI is InChI=1S/C27H35N3Si3/c1-31(2,3)29-22-27(28-23-29)30(32(4,5)6)33(24-16-10-7-11-17-24,25-18-12-8-13-19-25)26-20-14-9-15-21-26/h7-23H,1-6H3. The van der Waals surface area contributed by atoms with Crippen molar-refractivity contribution >= 4 is 46.1 Å². The monoisotopic (exact) mass is 485 g/mol. The minimum Gasteiger partial charge on any atom is -0.398 e. The second kappa shape index (κ2) is 8.93. The van der Waals surface area contributed by atoms with Gasteiger partial charge in [0.2, 0.25) is 8.24 Å². The molecule has 0 fully saturated rings. The molecule has 33 heavy (non-hydrogen) atoms. The Morgan fingerprint density at radius 3 is 1.30 bits per heavy atom.